The monoisotopic (exact) mass is 375 g/mol. The van der Waals surface area contributed by atoms with Crippen molar-refractivity contribution in [2.75, 3.05) is 24.6 Å². The summed E-state index contributed by atoms with van der Waals surface area (Å²) in [7, 11) is 0. The van der Waals surface area contributed by atoms with Gasteiger partial charge in [-0.2, -0.15) is 0 Å². The van der Waals surface area contributed by atoms with Crippen LogP contribution in [0.25, 0.3) is 0 Å². The zero-order chi connectivity index (χ0) is 13.0. The van der Waals surface area contributed by atoms with Gasteiger partial charge in [-0.25, -0.2) is 0 Å². The van der Waals surface area contributed by atoms with Gasteiger partial charge in [-0.3, -0.25) is 0 Å². The van der Waals surface area contributed by atoms with E-state index in [9.17, 15) is 0 Å². The number of halogens is 2. The van der Waals surface area contributed by atoms with E-state index in [0.717, 1.165) is 29.5 Å². The highest BCUT2D eigenvalue weighted by molar-refractivity contribution is 9.10. The molecule has 100 valence electrons. The molecule has 2 nitrogen and oxygen atoms in total. The molecule has 0 bridgehead atoms. The summed E-state index contributed by atoms with van der Waals surface area (Å²) in [4.78, 5) is 2.42. The maximum atomic E-state index is 5.74. The Morgan fingerprint density at radius 2 is 2.28 bits per heavy atom. The Hall–Kier alpha value is -0.0600. The van der Waals surface area contributed by atoms with Crippen LogP contribution in [0.15, 0.2) is 22.7 Å². The first-order chi connectivity index (χ1) is 8.74. The molecule has 0 spiro atoms. The van der Waals surface area contributed by atoms with E-state index in [4.69, 9.17) is 4.74 Å². The van der Waals surface area contributed by atoms with E-state index < -0.39 is 0 Å². The fourth-order valence-corrected chi connectivity index (χ4v) is 3.26. The molecular formula is C14H19Br2NO. The standard InChI is InChI=1S/C14H19Br2NO/c1-2-17(10-13-4-3-7-18-13)14-6-5-12(16)8-11(14)9-15/h5-6,8,13H,2-4,7,9-10H2,1H3. The third kappa shape index (κ3) is 3.49. The smallest absolute Gasteiger partial charge is 0.0750 e. The Morgan fingerprint density at radius 1 is 1.44 bits per heavy atom. The van der Waals surface area contributed by atoms with Crippen molar-refractivity contribution in [1.29, 1.82) is 0 Å². The highest BCUT2D eigenvalue weighted by atomic mass is 79.9. The van der Waals surface area contributed by atoms with Gasteiger partial charge in [-0.1, -0.05) is 31.9 Å². The van der Waals surface area contributed by atoms with Crippen molar-refractivity contribution < 1.29 is 4.74 Å². The fourth-order valence-electron chi connectivity index (χ4n) is 2.40. The molecule has 0 saturated carbocycles. The number of hydrogen-bond donors (Lipinski definition) is 0. The summed E-state index contributed by atoms with van der Waals surface area (Å²) in [5, 5.41) is 0.879. The number of anilines is 1. The summed E-state index contributed by atoms with van der Waals surface area (Å²) in [5.41, 5.74) is 2.64. The van der Waals surface area contributed by atoms with Gasteiger partial charge >= 0.3 is 0 Å². The van der Waals surface area contributed by atoms with Crippen LogP contribution in [0.2, 0.25) is 0 Å². The molecule has 1 aromatic rings. The predicted molar refractivity (Wildman–Crippen MR) is 83.6 cm³/mol. The minimum Gasteiger partial charge on any atom is -0.376 e. The molecular weight excluding hydrogens is 358 g/mol. The average molecular weight is 377 g/mol. The van der Waals surface area contributed by atoms with Crippen LogP contribution in [-0.2, 0) is 10.1 Å². The highest BCUT2D eigenvalue weighted by Gasteiger charge is 2.19. The van der Waals surface area contributed by atoms with Crippen molar-refractivity contribution in [3.63, 3.8) is 0 Å². The first kappa shape index (κ1) is 14.4. The molecule has 1 fully saturated rings. The number of nitrogens with zero attached hydrogens (tertiary/aromatic N) is 1. The van der Waals surface area contributed by atoms with E-state index in [1.54, 1.807) is 0 Å². The lowest BCUT2D eigenvalue weighted by Crippen LogP contribution is -2.32. The minimum absolute atomic E-state index is 0.400. The maximum Gasteiger partial charge on any atom is 0.0750 e. The fraction of sp³-hybridized carbons (Fsp3) is 0.571. The van der Waals surface area contributed by atoms with Crippen LogP contribution < -0.4 is 4.90 Å². The molecule has 2 rings (SSSR count). The van der Waals surface area contributed by atoms with E-state index in [-0.39, 0.29) is 0 Å². The van der Waals surface area contributed by atoms with E-state index in [2.05, 4.69) is 61.9 Å². The maximum absolute atomic E-state index is 5.74. The van der Waals surface area contributed by atoms with Gasteiger partial charge in [0.1, 0.15) is 0 Å². The van der Waals surface area contributed by atoms with Gasteiger partial charge in [-0.05, 0) is 43.5 Å². The third-order valence-electron chi connectivity index (χ3n) is 3.36. The molecule has 4 heteroatoms. The highest BCUT2D eigenvalue weighted by Crippen LogP contribution is 2.27. The van der Waals surface area contributed by atoms with Crippen LogP contribution in [0.1, 0.15) is 25.3 Å². The number of ether oxygens (including phenoxy) is 1. The van der Waals surface area contributed by atoms with Gasteiger partial charge in [0, 0.05) is 35.2 Å². The Kier molecular flexibility index (Phi) is 5.52. The SMILES string of the molecule is CCN(CC1CCCO1)c1ccc(Br)cc1CBr. The molecule has 0 amide bonds. The normalized spacial score (nSPS) is 19.2. The van der Waals surface area contributed by atoms with Crippen molar-refractivity contribution in [2.24, 2.45) is 0 Å². The summed E-state index contributed by atoms with van der Waals surface area (Å²) >= 11 is 7.11. The van der Waals surface area contributed by atoms with Crippen LogP contribution in [0, 0.1) is 0 Å². The topological polar surface area (TPSA) is 12.5 Å². The Bertz CT molecular complexity index is 391. The summed E-state index contributed by atoms with van der Waals surface area (Å²) < 4.78 is 6.87. The molecule has 0 radical (unpaired) electrons. The largest absolute Gasteiger partial charge is 0.376 e. The molecule has 1 unspecified atom stereocenters. The summed E-state index contributed by atoms with van der Waals surface area (Å²) in [6.07, 6.45) is 2.79. The summed E-state index contributed by atoms with van der Waals surface area (Å²) in [6.45, 7) is 5.14. The molecule has 0 N–H and O–H groups in total. The Balaban J connectivity index is 2.15. The number of benzene rings is 1. The van der Waals surface area contributed by atoms with Gasteiger partial charge in [-0.15, -0.1) is 0 Å². The number of hydrogen-bond acceptors (Lipinski definition) is 2. The zero-order valence-corrected chi connectivity index (χ0v) is 13.8. The van der Waals surface area contributed by atoms with E-state index in [1.165, 1.54) is 24.1 Å². The van der Waals surface area contributed by atoms with Gasteiger partial charge in [0.2, 0.25) is 0 Å². The molecule has 1 aliphatic rings. The Morgan fingerprint density at radius 3 is 2.89 bits per heavy atom. The van der Waals surface area contributed by atoms with Crippen molar-refractivity contribution in [3.05, 3.63) is 28.2 Å². The van der Waals surface area contributed by atoms with E-state index in [0.29, 0.717) is 6.10 Å². The number of likely N-dealkylation sites (N-methyl/N-ethyl adjacent to an activating group) is 1. The van der Waals surface area contributed by atoms with Crippen molar-refractivity contribution in [2.45, 2.75) is 31.2 Å². The van der Waals surface area contributed by atoms with Crippen LogP contribution >= 0.6 is 31.9 Å². The van der Waals surface area contributed by atoms with Gasteiger partial charge in [0.25, 0.3) is 0 Å². The van der Waals surface area contributed by atoms with Gasteiger partial charge in [0.15, 0.2) is 0 Å². The summed E-state index contributed by atoms with van der Waals surface area (Å²) in [5.74, 6) is 0. The molecule has 1 saturated heterocycles. The number of alkyl halides is 1. The molecule has 0 aliphatic carbocycles. The second-order valence-electron chi connectivity index (χ2n) is 4.58. The second-order valence-corrected chi connectivity index (χ2v) is 6.06. The molecule has 18 heavy (non-hydrogen) atoms. The Labute approximate surface area is 126 Å². The third-order valence-corrected chi connectivity index (χ3v) is 4.45. The molecule has 1 aliphatic heterocycles. The van der Waals surface area contributed by atoms with Crippen molar-refractivity contribution in [1.82, 2.24) is 0 Å². The minimum atomic E-state index is 0.400. The van der Waals surface area contributed by atoms with Crippen LogP contribution in [0.4, 0.5) is 5.69 Å². The van der Waals surface area contributed by atoms with Crippen LogP contribution in [0.5, 0.6) is 0 Å². The molecule has 1 atom stereocenters. The quantitative estimate of drug-likeness (QED) is 0.708. The first-order valence-electron chi connectivity index (χ1n) is 6.45. The zero-order valence-electron chi connectivity index (χ0n) is 10.7. The molecule has 1 heterocycles. The number of rotatable bonds is 5. The van der Waals surface area contributed by atoms with E-state index in [1.807, 2.05) is 0 Å². The van der Waals surface area contributed by atoms with Crippen molar-refractivity contribution in [3.8, 4) is 0 Å². The second kappa shape index (κ2) is 6.92. The predicted octanol–water partition coefficient (Wildman–Crippen LogP) is 4.35. The lowest BCUT2D eigenvalue weighted by atomic mass is 10.1. The molecule has 0 aromatic heterocycles. The molecule has 1 aromatic carbocycles. The van der Waals surface area contributed by atoms with Crippen LogP contribution in [0.3, 0.4) is 0 Å². The first-order valence-corrected chi connectivity index (χ1v) is 8.37. The average Bonchev–Trinajstić information content (AvgIpc) is 2.89. The van der Waals surface area contributed by atoms with Crippen LogP contribution in [-0.4, -0.2) is 25.8 Å². The lowest BCUT2D eigenvalue weighted by molar-refractivity contribution is 0.115. The van der Waals surface area contributed by atoms with Crippen molar-refractivity contribution >= 4 is 37.5 Å². The van der Waals surface area contributed by atoms with Gasteiger partial charge < -0.3 is 9.64 Å². The summed E-state index contributed by atoms with van der Waals surface area (Å²) in [6, 6.07) is 6.49. The van der Waals surface area contributed by atoms with Gasteiger partial charge in [0.05, 0.1) is 6.10 Å². The lowest BCUT2D eigenvalue weighted by Gasteiger charge is -2.28. The van der Waals surface area contributed by atoms with E-state index >= 15 is 0 Å².